The van der Waals surface area contributed by atoms with Crippen molar-refractivity contribution >= 4 is 11.4 Å². The van der Waals surface area contributed by atoms with Crippen LogP contribution in [0.1, 0.15) is 11.1 Å². The minimum Gasteiger partial charge on any atom is -0.398 e. The summed E-state index contributed by atoms with van der Waals surface area (Å²) in [7, 11) is 4.05. The van der Waals surface area contributed by atoms with Crippen LogP contribution in [0.5, 0.6) is 0 Å². The molecule has 66 valence electrons. The van der Waals surface area contributed by atoms with Crippen molar-refractivity contribution in [1.82, 2.24) is 0 Å². The summed E-state index contributed by atoms with van der Waals surface area (Å²) in [6.07, 6.45) is 0. The molecule has 2 heteroatoms. The van der Waals surface area contributed by atoms with E-state index in [4.69, 9.17) is 5.73 Å². The monoisotopic (exact) mass is 164 g/mol. The number of nitrogen functional groups attached to an aromatic ring is 1. The van der Waals surface area contributed by atoms with Crippen LogP contribution in [-0.2, 0) is 0 Å². The van der Waals surface area contributed by atoms with Crippen LogP contribution in [-0.4, -0.2) is 14.1 Å². The number of benzene rings is 1. The van der Waals surface area contributed by atoms with E-state index in [0.717, 1.165) is 11.3 Å². The summed E-state index contributed by atoms with van der Waals surface area (Å²) >= 11 is 0. The van der Waals surface area contributed by atoms with Gasteiger partial charge in [-0.05, 0) is 31.0 Å². The van der Waals surface area contributed by atoms with Gasteiger partial charge in [0.1, 0.15) is 0 Å². The number of nitrogens with two attached hydrogens (primary N) is 1. The number of anilines is 2. The topological polar surface area (TPSA) is 29.3 Å². The first-order valence-corrected chi connectivity index (χ1v) is 4.07. The fraction of sp³-hybridized carbons (Fsp3) is 0.400. The van der Waals surface area contributed by atoms with Gasteiger partial charge in [0.25, 0.3) is 0 Å². The van der Waals surface area contributed by atoms with Crippen LogP contribution in [0.4, 0.5) is 11.4 Å². The molecule has 0 unspecified atom stereocenters. The third kappa shape index (κ3) is 1.37. The summed E-state index contributed by atoms with van der Waals surface area (Å²) < 4.78 is 0. The lowest BCUT2D eigenvalue weighted by molar-refractivity contribution is 1.11. The maximum atomic E-state index is 5.89. The molecular formula is C10H16N2. The molecule has 0 aliphatic heterocycles. The standard InChI is InChI=1S/C10H16N2/c1-7-5-6-9(12(3)4)8(2)10(7)11/h5-6H,11H2,1-4H3. The highest BCUT2D eigenvalue weighted by molar-refractivity contribution is 5.66. The highest BCUT2D eigenvalue weighted by Gasteiger charge is 2.04. The van der Waals surface area contributed by atoms with Gasteiger partial charge in [-0.25, -0.2) is 0 Å². The Morgan fingerprint density at radius 2 is 1.75 bits per heavy atom. The molecule has 1 aromatic rings. The van der Waals surface area contributed by atoms with Gasteiger partial charge < -0.3 is 10.6 Å². The smallest absolute Gasteiger partial charge is 0.0411 e. The van der Waals surface area contributed by atoms with E-state index < -0.39 is 0 Å². The molecule has 1 aromatic carbocycles. The maximum Gasteiger partial charge on any atom is 0.0411 e. The second kappa shape index (κ2) is 3.05. The van der Waals surface area contributed by atoms with Crippen LogP contribution >= 0.6 is 0 Å². The van der Waals surface area contributed by atoms with Crippen molar-refractivity contribution in [1.29, 1.82) is 0 Å². The number of hydrogen-bond acceptors (Lipinski definition) is 2. The third-order valence-corrected chi connectivity index (χ3v) is 2.19. The van der Waals surface area contributed by atoms with E-state index in [0.29, 0.717) is 0 Å². The Balaban J connectivity index is 3.27. The SMILES string of the molecule is Cc1ccc(N(C)C)c(C)c1N. The lowest BCUT2D eigenvalue weighted by atomic mass is 10.1. The molecule has 0 bridgehead atoms. The summed E-state index contributed by atoms with van der Waals surface area (Å²) in [6.45, 7) is 4.08. The molecule has 12 heavy (non-hydrogen) atoms. The van der Waals surface area contributed by atoms with Gasteiger partial charge in [-0.15, -0.1) is 0 Å². The average Bonchev–Trinajstić information content (AvgIpc) is 2.00. The largest absolute Gasteiger partial charge is 0.398 e. The molecule has 0 heterocycles. The molecule has 0 spiro atoms. The molecule has 0 aromatic heterocycles. The number of rotatable bonds is 1. The molecule has 0 aliphatic carbocycles. The third-order valence-electron chi connectivity index (χ3n) is 2.19. The minimum atomic E-state index is 0.904. The van der Waals surface area contributed by atoms with Crippen molar-refractivity contribution in [3.05, 3.63) is 23.3 Å². The Kier molecular flexibility index (Phi) is 2.27. The van der Waals surface area contributed by atoms with Crippen molar-refractivity contribution in [2.45, 2.75) is 13.8 Å². The minimum absolute atomic E-state index is 0.904. The van der Waals surface area contributed by atoms with E-state index in [1.807, 2.05) is 21.0 Å². The van der Waals surface area contributed by atoms with Crippen molar-refractivity contribution in [2.24, 2.45) is 0 Å². The predicted octanol–water partition coefficient (Wildman–Crippen LogP) is 1.95. The molecule has 0 fully saturated rings. The van der Waals surface area contributed by atoms with E-state index in [1.165, 1.54) is 11.3 Å². The molecular weight excluding hydrogens is 148 g/mol. The van der Waals surface area contributed by atoms with Crippen LogP contribution in [0, 0.1) is 13.8 Å². The average molecular weight is 164 g/mol. The quantitative estimate of drug-likeness (QED) is 0.643. The second-order valence-corrected chi connectivity index (χ2v) is 3.33. The van der Waals surface area contributed by atoms with Gasteiger partial charge in [0.2, 0.25) is 0 Å². The van der Waals surface area contributed by atoms with Gasteiger partial charge in [-0.1, -0.05) is 6.07 Å². The normalized spacial score (nSPS) is 10.0. The van der Waals surface area contributed by atoms with E-state index in [9.17, 15) is 0 Å². The lowest BCUT2D eigenvalue weighted by Crippen LogP contribution is -2.11. The van der Waals surface area contributed by atoms with Gasteiger partial charge in [-0.3, -0.25) is 0 Å². The Bertz CT molecular complexity index is 290. The van der Waals surface area contributed by atoms with Crippen molar-refractivity contribution < 1.29 is 0 Å². The van der Waals surface area contributed by atoms with E-state index in [1.54, 1.807) is 0 Å². The zero-order valence-corrected chi connectivity index (χ0v) is 8.18. The highest BCUT2D eigenvalue weighted by Crippen LogP contribution is 2.25. The Hall–Kier alpha value is -1.18. The zero-order chi connectivity index (χ0) is 9.30. The summed E-state index contributed by atoms with van der Waals surface area (Å²) in [5.74, 6) is 0. The molecule has 0 radical (unpaired) electrons. The lowest BCUT2D eigenvalue weighted by Gasteiger charge is -2.17. The molecule has 2 nitrogen and oxygen atoms in total. The first-order chi connectivity index (χ1) is 5.54. The van der Waals surface area contributed by atoms with Crippen LogP contribution in [0.3, 0.4) is 0 Å². The summed E-state index contributed by atoms with van der Waals surface area (Å²) in [6, 6.07) is 4.15. The van der Waals surface area contributed by atoms with Crippen molar-refractivity contribution in [2.75, 3.05) is 24.7 Å². The molecule has 0 aliphatic rings. The van der Waals surface area contributed by atoms with E-state index >= 15 is 0 Å². The fourth-order valence-corrected chi connectivity index (χ4v) is 1.34. The predicted molar refractivity (Wildman–Crippen MR) is 54.7 cm³/mol. The number of nitrogens with zero attached hydrogens (tertiary/aromatic N) is 1. The van der Waals surface area contributed by atoms with E-state index in [-0.39, 0.29) is 0 Å². The molecule has 1 rings (SSSR count). The Morgan fingerprint density at radius 1 is 1.17 bits per heavy atom. The van der Waals surface area contributed by atoms with Crippen LogP contribution < -0.4 is 10.6 Å². The van der Waals surface area contributed by atoms with Gasteiger partial charge in [0, 0.05) is 25.5 Å². The molecule has 0 saturated heterocycles. The van der Waals surface area contributed by atoms with Crippen molar-refractivity contribution in [3.8, 4) is 0 Å². The zero-order valence-electron chi connectivity index (χ0n) is 8.18. The van der Waals surface area contributed by atoms with Gasteiger partial charge in [0.15, 0.2) is 0 Å². The van der Waals surface area contributed by atoms with Gasteiger partial charge >= 0.3 is 0 Å². The first-order valence-electron chi connectivity index (χ1n) is 4.07. The Morgan fingerprint density at radius 3 is 2.25 bits per heavy atom. The number of aryl methyl sites for hydroxylation is 1. The first kappa shape index (κ1) is 8.91. The van der Waals surface area contributed by atoms with Crippen LogP contribution in [0.15, 0.2) is 12.1 Å². The number of hydrogen-bond donors (Lipinski definition) is 1. The van der Waals surface area contributed by atoms with Gasteiger partial charge in [0.05, 0.1) is 0 Å². The van der Waals surface area contributed by atoms with Gasteiger partial charge in [-0.2, -0.15) is 0 Å². The Labute approximate surface area is 74.0 Å². The second-order valence-electron chi connectivity index (χ2n) is 3.33. The molecule has 0 amide bonds. The van der Waals surface area contributed by atoms with Crippen molar-refractivity contribution in [3.63, 3.8) is 0 Å². The van der Waals surface area contributed by atoms with E-state index in [2.05, 4.69) is 24.0 Å². The van der Waals surface area contributed by atoms with Crippen LogP contribution in [0.25, 0.3) is 0 Å². The summed E-state index contributed by atoms with van der Waals surface area (Å²) in [4.78, 5) is 2.07. The van der Waals surface area contributed by atoms with Crippen LogP contribution in [0.2, 0.25) is 0 Å². The fourth-order valence-electron chi connectivity index (χ4n) is 1.34. The molecule has 0 saturated carbocycles. The molecule has 2 N–H and O–H groups in total. The highest BCUT2D eigenvalue weighted by atomic mass is 15.1. The summed E-state index contributed by atoms with van der Waals surface area (Å²) in [5, 5.41) is 0. The molecule has 0 atom stereocenters. The summed E-state index contributed by atoms with van der Waals surface area (Å²) in [5.41, 5.74) is 10.3. The maximum absolute atomic E-state index is 5.89.